The number of hydrogen-bond donors (Lipinski definition) is 0. The molecule has 0 bridgehead atoms. The van der Waals surface area contributed by atoms with Crippen molar-refractivity contribution in [2.24, 2.45) is 5.16 Å². The fourth-order valence-corrected chi connectivity index (χ4v) is 2.81. The summed E-state index contributed by atoms with van der Waals surface area (Å²) in [5.74, 6) is -0.0696. The highest BCUT2D eigenvalue weighted by atomic mass is 16.6. The molecule has 0 amide bonds. The van der Waals surface area contributed by atoms with Gasteiger partial charge in [0.2, 0.25) is 5.78 Å². The van der Waals surface area contributed by atoms with Crippen LogP contribution < -0.4 is 0 Å². The van der Waals surface area contributed by atoms with Gasteiger partial charge in [-0.25, -0.2) is 0 Å². The Bertz CT molecular complexity index is 892. The lowest BCUT2D eigenvalue weighted by Gasteiger charge is -2.01. The van der Waals surface area contributed by atoms with Gasteiger partial charge in [0, 0.05) is 16.5 Å². The van der Waals surface area contributed by atoms with Crippen LogP contribution in [0, 0.1) is 0 Å². The minimum absolute atomic E-state index is 0.0696. The van der Waals surface area contributed by atoms with Gasteiger partial charge in [-0.15, -0.1) is 0 Å². The van der Waals surface area contributed by atoms with Crippen molar-refractivity contribution in [2.75, 3.05) is 0 Å². The van der Waals surface area contributed by atoms with Gasteiger partial charge in [-0.3, -0.25) is 4.79 Å². The van der Waals surface area contributed by atoms with Crippen molar-refractivity contribution >= 4 is 22.3 Å². The predicted octanol–water partition coefficient (Wildman–Crippen LogP) is 3.96. The quantitative estimate of drug-likeness (QED) is 0.684. The topological polar surface area (TPSA) is 38.7 Å². The Labute approximate surface area is 127 Å². The van der Waals surface area contributed by atoms with E-state index in [9.17, 15) is 4.79 Å². The first-order valence-electron chi connectivity index (χ1n) is 7.15. The molecule has 106 valence electrons. The number of carbonyl (C=O) groups is 1. The van der Waals surface area contributed by atoms with Crippen LogP contribution in [0.15, 0.2) is 71.9 Å². The smallest absolute Gasteiger partial charge is 0.216 e. The second-order valence-electron chi connectivity index (χ2n) is 5.24. The maximum Gasteiger partial charge on any atom is 0.216 e. The fourth-order valence-electron chi connectivity index (χ4n) is 2.81. The summed E-state index contributed by atoms with van der Waals surface area (Å²) in [7, 11) is 0. The molecular weight excluding hydrogens is 274 g/mol. The average molecular weight is 287 g/mol. The van der Waals surface area contributed by atoms with Gasteiger partial charge in [0.15, 0.2) is 5.71 Å². The average Bonchev–Trinajstić information content (AvgIpc) is 2.84. The number of Topliss-reactive ketones (excluding diaryl/α,β-unsaturated/α-hetero) is 1. The summed E-state index contributed by atoms with van der Waals surface area (Å²) in [4.78, 5) is 17.9. The molecule has 0 unspecified atom stereocenters. The van der Waals surface area contributed by atoms with Crippen LogP contribution in [0.3, 0.4) is 0 Å². The normalized spacial score (nSPS) is 14.7. The van der Waals surface area contributed by atoms with Crippen LogP contribution in [0.5, 0.6) is 0 Å². The molecule has 0 saturated carbocycles. The van der Waals surface area contributed by atoms with E-state index in [4.69, 9.17) is 4.84 Å². The van der Waals surface area contributed by atoms with Gasteiger partial charge >= 0.3 is 0 Å². The Morgan fingerprint density at radius 3 is 2.32 bits per heavy atom. The number of ketones is 1. The van der Waals surface area contributed by atoms with E-state index >= 15 is 0 Å². The predicted molar refractivity (Wildman–Crippen MR) is 86.0 cm³/mol. The summed E-state index contributed by atoms with van der Waals surface area (Å²) >= 11 is 0. The molecule has 3 nitrogen and oxygen atoms in total. The highest BCUT2D eigenvalue weighted by molar-refractivity contribution is 6.58. The van der Waals surface area contributed by atoms with Crippen LogP contribution in [-0.2, 0) is 11.4 Å². The molecule has 3 aromatic carbocycles. The lowest BCUT2D eigenvalue weighted by molar-refractivity contribution is 0.104. The van der Waals surface area contributed by atoms with Gasteiger partial charge in [0.05, 0.1) is 0 Å². The molecule has 4 rings (SSSR count). The highest BCUT2D eigenvalue weighted by Crippen LogP contribution is 2.31. The van der Waals surface area contributed by atoms with E-state index in [-0.39, 0.29) is 5.78 Å². The van der Waals surface area contributed by atoms with Crippen LogP contribution in [0.2, 0.25) is 0 Å². The minimum atomic E-state index is -0.0696. The third-order valence-electron chi connectivity index (χ3n) is 3.85. The number of oxime groups is 1. The van der Waals surface area contributed by atoms with E-state index in [1.807, 2.05) is 66.7 Å². The zero-order valence-electron chi connectivity index (χ0n) is 11.8. The van der Waals surface area contributed by atoms with E-state index in [0.717, 1.165) is 21.9 Å². The molecule has 0 aliphatic heterocycles. The van der Waals surface area contributed by atoms with E-state index < -0.39 is 0 Å². The Morgan fingerprint density at radius 1 is 0.818 bits per heavy atom. The second kappa shape index (κ2) is 5.11. The molecule has 0 fully saturated rings. The Balaban J connectivity index is 1.68. The molecule has 1 aliphatic carbocycles. The maximum absolute atomic E-state index is 12.5. The largest absolute Gasteiger partial charge is 0.390 e. The number of rotatable bonds is 3. The standard InChI is InChI=1S/C19H13NO2/c21-19-16-11-5-9-14-8-4-10-15(17(14)16)18(19)20-22-12-13-6-2-1-3-7-13/h1-11H,12H2/b20-18-. The van der Waals surface area contributed by atoms with Gasteiger partial charge in [0.1, 0.15) is 6.61 Å². The third kappa shape index (κ3) is 1.99. The van der Waals surface area contributed by atoms with Crippen LogP contribution >= 0.6 is 0 Å². The lowest BCUT2D eigenvalue weighted by Crippen LogP contribution is -2.09. The molecule has 1 aliphatic rings. The first kappa shape index (κ1) is 12.8. The number of carbonyl (C=O) groups excluding carboxylic acids is 1. The molecule has 0 heterocycles. The van der Waals surface area contributed by atoms with Crippen molar-refractivity contribution in [1.82, 2.24) is 0 Å². The van der Waals surface area contributed by atoms with Crippen molar-refractivity contribution in [3.8, 4) is 0 Å². The van der Waals surface area contributed by atoms with E-state index in [1.165, 1.54) is 0 Å². The zero-order valence-corrected chi connectivity index (χ0v) is 11.8. The second-order valence-corrected chi connectivity index (χ2v) is 5.24. The maximum atomic E-state index is 12.5. The molecule has 0 atom stereocenters. The lowest BCUT2D eigenvalue weighted by atomic mass is 10.1. The Morgan fingerprint density at radius 2 is 1.55 bits per heavy atom. The first-order chi connectivity index (χ1) is 10.8. The summed E-state index contributed by atoms with van der Waals surface area (Å²) in [5, 5.41) is 6.13. The van der Waals surface area contributed by atoms with Gasteiger partial charge < -0.3 is 4.84 Å². The molecule has 0 spiro atoms. The van der Waals surface area contributed by atoms with Crippen molar-refractivity contribution in [1.29, 1.82) is 0 Å². The molecule has 22 heavy (non-hydrogen) atoms. The van der Waals surface area contributed by atoms with Gasteiger partial charge in [-0.1, -0.05) is 71.9 Å². The van der Waals surface area contributed by atoms with Crippen LogP contribution in [0.4, 0.5) is 0 Å². The van der Waals surface area contributed by atoms with Crippen LogP contribution in [-0.4, -0.2) is 11.5 Å². The van der Waals surface area contributed by atoms with Crippen LogP contribution in [0.1, 0.15) is 21.5 Å². The monoisotopic (exact) mass is 287 g/mol. The summed E-state index contributed by atoms with van der Waals surface area (Å²) in [6, 6.07) is 21.4. The molecule has 3 heteroatoms. The fraction of sp³-hybridized carbons (Fsp3) is 0.0526. The van der Waals surface area contributed by atoms with E-state index in [0.29, 0.717) is 17.9 Å². The number of benzene rings is 3. The molecule has 0 aromatic heterocycles. The third-order valence-corrected chi connectivity index (χ3v) is 3.85. The van der Waals surface area contributed by atoms with Crippen molar-refractivity contribution < 1.29 is 9.63 Å². The van der Waals surface area contributed by atoms with E-state index in [2.05, 4.69) is 5.16 Å². The summed E-state index contributed by atoms with van der Waals surface area (Å²) in [6.45, 7) is 0.351. The van der Waals surface area contributed by atoms with Crippen molar-refractivity contribution in [3.63, 3.8) is 0 Å². The number of hydrogen-bond acceptors (Lipinski definition) is 3. The van der Waals surface area contributed by atoms with Crippen LogP contribution in [0.25, 0.3) is 10.8 Å². The Hall–Kier alpha value is -2.94. The van der Waals surface area contributed by atoms with E-state index in [1.54, 1.807) is 0 Å². The summed E-state index contributed by atoms with van der Waals surface area (Å²) in [6.07, 6.45) is 0. The minimum Gasteiger partial charge on any atom is -0.390 e. The summed E-state index contributed by atoms with van der Waals surface area (Å²) in [5.41, 5.74) is 2.97. The molecule has 0 saturated heterocycles. The molecule has 3 aromatic rings. The molecule has 0 N–H and O–H groups in total. The van der Waals surface area contributed by atoms with Crippen molar-refractivity contribution in [2.45, 2.75) is 6.61 Å². The number of nitrogens with zero attached hydrogens (tertiary/aromatic N) is 1. The first-order valence-corrected chi connectivity index (χ1v) is 7.15. The van der Waals surface area contributed by atoms with Crippen molar-refractivity contribution in [3.05, 3.63) is 83.4 Å². The van der Waals surface area contributed by atoms with Gasteiger partial charge in [0.25, 0.3) is 0 Å². The highest BCUT2D eigenvalue weighted by Gasteiger charge is 2.29. The zero-order chi connectivity index (χ0) is 14.9. The van der Waals surface area contributed by atoms with Gasteiger partial charge in [-0.05, 0) is 10.9 Å². The molecule has 0 radical (unpaired) electrons. The molecular formula is C19H13NO2. The Kier molecular flexibility index (Phi) is 2.97. The van der Waals surface area contributed by atoms with Gasteiger partial charge in [-0.2, -0.15) is 0 Å². The SMILES string of the molecule is O=C1/C(=N\OCc2ccccc2)c2cccc3cccc1c23. The summed E-state index contributed by atoms with van der Waals surface area (Å²) < 4.78 is 0.